The van der Waals surface area contributed by atoms with Crippen molar-refractivity contribution in [3.8, 4) is 0 Å². The Bertz CT molecular complexity index is 953. The van der Waals surface area contributed by atoms with Gasteiger partial charge in [0.2, 0.25) is 5.91 Å². The maximum Gasteiger partial charge on any atom is 0.319 e. The van der Waals surface area contributed by atoms with Gasteiger partial charge in [0.15, 0.2) is 0 Å². The Hall–Kier alpha value is -3.46. The zero-order valence-electron chi connectivity index (χ0n) is 17.0. The SMILES string of the molecule is O=C(CN1[C@H]2CC[C@H]1CC(NC(=O)Nc1ccccc1)C2)Nc1ccccc1[N+](=O)[O-]. The van der Waals surface area contributed by atoms with Crippen LogP contribution in [-0.4, -0.2) is 46.4 Å². The molecule has 3 N–H and O–H groups in total. The molecule has 0 aliphatic carbocycles. The van der Waals surface area contributed by atoms with Crippen LogP contribution in [0.25, 0.3) is 0 Å². The lowest BCUT2D eigenvalue weighted by Crippen LogP contribution is -2.52. The normalized spacial score (nSPS) is 22.5. The van der Waals surface area contributed by atoms with E-state index in [0.29, 0.717) is 0 Å². The van der Waals surface area contributed by atoms with Crippen LogP contribution >= 0.6 is 0 Å². The number of nitrogens with zero attached hydrogens (tertiary/aromatic N) is 2. The van der Waals surface area contributed by atoms with E-state index in [1.165, 1.54) is 12.1 Å². The van der Waals surface area contributed by atoms with E-state index in [1.807, 2.05) is 30.3 Å². The summed E-state index contributed by atoms with van der Waals surface area (Å²) in [5, 5.41) is 19.7. The fraction of sp³-hybridized carbons (Fsp3) is 0.364. The molecule has 31 heavy (non-hydrogen) atoms. The number of anilines is 2. The first-order valence-corrected chi connectivity index (χ1v) is 10.4. The monoisotopic (exact) mass is 423 g/mol. The fourth-order valence-corrected chi connectivity index (χ4v) is 4.62. The molecule has 0 aromatic heterocycles. The highest BCUT2D eigenvalue weighted by molar-refractivity contribution is 5.94. The largest absolute Gasteiger partial charge is 0.335 e. The molecule has 2 heterocycles. The first-order valence-electron chi connectivity index (χ1n) is 10.4. The molecule has 162 valence electrons. The lowest BCUT2D eigenvalue weighted by Gasteiger charge is -2.38. The van der Waals surface area contributed by atoms with Crippen molar-refractivity contribution in [3.05, 3.63) is 64.7 Å². The molecule has 2 saturated heterocycles. The first-order chi connectivity index (χ1) is 15.0. The van der Waals surface area contributed by atoms with Crippen molar-refractivity contribution in [3.63, 3.8) is 0 Å². The molecule has 0 saturated carbocycles. The Morgan fingerprint density at radius 3 is 2.29 bits per heavy atom. The number of benzene rings is 2. The van der Waals surface area contributed by atoms with Gasteiger partial charge in [-0.3, -0.25) is 19.8 Å². The lowest BCUT2D eigenvalue weighted by atomic mass is 9.97. The van der Waals surface area contributed by atoms with Crippen LogP contribution in [0.5, 0.6) is 0 Å². The van der Waals surface area contributed by atoms with Crippen LogP contribution < -0.4 is 16.0 Å². The van der Waals surface area contributed by atoms with E-state index in [9.17, 15) is 19.7 Å². The van der Waals surface area contributed by atoms with E-state index in [2.05, 4.69) is 20.9 Å². The molecule has 0 radical (unpaired) electrons. The van der Waals surface area contributed by atoms with Gasteiger partial charge < -0.3 is 16.0 Å². The van der Waals surface area contributed by atoms with Crippen molar-refractivity contribution in [2.24, 2.45) is 0 Å². The standard InChI is InChI=1S/C22H25N5O4/c28-21(25-19-8-4-5-9-20(19)27(30)31)14-26-17-10-11-18(26)13-16(12-17)24-22(29)23-15-6-2-1-3-7-15/h1-9,16-18H,10-14H2,(H,25,28)(H2,23,24,29)/t17-,18-/m0/s1. The number of urea groups is 1. The number of nitro groups is 1. The zero-order valence-corrected chi connectivity index (χ0v) is 17.0. The van der Waals surface area contributed by atoms with E-state index in [0.717, 1.165) is 31.4 Å². The van der Waals surface area contributed by atoms with E-state index in [1.54, 1.807) is 12.1 Å². The molecule has 2 aliphatic rings. The maximum atomic E-state index is 12.6. The van der Waals surface area contributed by atoms with Crippen LogP contribution in [0.2, 0.25) is 0 Å². The van der Waals surface area contributed by atoms with Crippen molar-refractivity contribution in [1.29, 1.82) is 0 Å². The Morgan fingerprint density at radius 2 is 1.61 bits per heavy atom. The molecule has 2 fully saturated rings. The van der Waals surface area contributed by atoms with E-state index >= 15 is 0 Å². The number of nitro benzene ring substituents is 1. The van der Waals surface area contributed by atoms with Crippen molar-refractivity contribution in [2.45, 2.75) is 43.8 Å². The Balaban J connectivity index is 1.31. The summed E-state index contributed by atoms with van der Waals surface area (Å²) in [4.78, 5) is 37.7. The minimum Gasteiger partial charge on any atom is -0.335 e. The molecular formula is C22H25N5O4. The van der Waals surface area contributed by atoms with Crippen LogP contribution in [0.4, 0.5) is 21.9 Å². The Morgan fingerprint density at radius 1 is 0.968 bits per heavy atom. The molecular weight excluding hydrogens is 398 g/mol. The number of hydrogen-bond acceptors (Lipinski definition) is 5. The number of hydrogen-bond donors (Lipinski definition) is 3. The minimum absolute atomic E-state index is 0.0516. The second kappa shape index (κ2) is 9.13. The molecule has 9 nitrogen and oxygen atoms in total. The molecule has 2 aromatic carbocycles. The Kier molecular flexibility index (Phi) is 6.13. The topological polar surface area (TPSA) is 117 Å². The van der Waals surface area contributed by atoms with Gasteiger partial charge in [0.25, 0.3) is 5.69 Å². The highest BCUT2D eigenvalue weighted by atomic mass is 16.6. The molecule has 3 amide bonds. The molecule has 2 aromatic rings. The lowest BCUT2D eigenvalue weighted by molar-refractivity contribution is -0.383. The summed E-state index contributed by atoms with van der Waals surface area (Å²) in [5.41, 5.74) is 0.831. The smallest absolute Gasteiger partial charge is 0.319 e. The second-order valence-electron chi connectivity index (χ2n) is 8.01. The van der Waals surface area contributed by atoms with Crippen LogP contribution in [0.1, 0.15) is 25.7 Å². The molecule has 2 atom stereocenters. The molecule has 2 aliphatic heterocycles. The minimum atomic E-state index is -0.503. The third kappa shape index (κ3) is 5.00. The average Bonchev–Trinajstić information content (AvgIpc) is 2.97. The summed E-state index contributed by atoms with van der Waals surface area (Å²) in [5.74, 6) is -0.264. The number of carbonyl (C=O) groups is 2. The third-order valence-corrected chi connectivity index (χ3v) is 5.95. The van der Waals surface area contributed by atoms with Crippen LogP contribution in [0, 0.1) is 10.1 Å². The highest BCUT2D eigenvalue weighted by Gasteiger charge is 2.41. The molecule has 0 spiro atoms. The Labute approximate surface area is 180 Å². The summed E-state index contributed by atoms with van der Waals surface area (Å²) in [6.45, 7) is 0.185. The number of nitrogens with one attached hydrogen (secondary N) is 3. The molecule has 2 bridgehead atoms. The maximum absolute atomic E-state index is 12.6. The van der Waals surface area contributed by atoms with Gasteiger partial charge in [-0.2, -0.15) is 0 Å². The summed E-state index contributed by atoms with van der Waals surface area (Å²) < 4.78 is 0. The van der Waals surface area contributed by atoms with Gasteiger partial charge in [0.1, 0.15) is 5.69 Å². The zero-order chi connectivity index (χ0) is 21.8. The van der Waals surface area contributed by atoms with Gasteiger partial charge in [0, 0.05) is 29.9 Å². The van der Waals surface area contributed by atoms with E-state index in [4.69, 9.17) is 0 Å². The van der Waals surface area contributed by atoms with Crippen molar-refractivity contribution in [1.82, 2.24) is 10.2 Å². The molecule has 9 heteroatoms. The predicted molar refractivity (Wildman–Crippen MR) is 117 cm³/mol. The quantitative estimate of drug-likeness (QED) is 0.487. The summed E-state index contributed by atoms with van der Waals surface area (Å²) >= 11 is 0. The third-order valence-electron chi connectivity index (χ3n) is 5.95. The van der Waals surface area contributed by atoms with Gasteiger partial charge in [-0.15, -0.1) is 0 Å². The van der Waals surface area contributed by atoms with Gasteiger partial charge in [0.05, 0.1) is 11.5 Å². The second-order valence-corrected chi connectivity index (χ2v) is 8.01. The molecule has 4 rings (SSSR count). The average molecular weight is 423 g/mol. The van der Waals surface area contributed by atoms with Crippen molar-refractivity contribution >= 4 is 29.0 Å². The van der Waals surface area contributed by atoms with Gasteiger partial charge in [-0.1, -0.05) is 30.3 Å². The van der Waals surface area contributed by atoms with E-state index in [-0.39, 0.29) is 48.0 Å². The number of amides is 3. The number of fused-ring (bicyclic) bond motifs is 2. The van der Waals surface area contributed by atoms with Crippen LogP contribution in [-0.2, 0) is 4.79 Å². The van der Waals surface area contributed by atoms with Crippen molar-refractivity contribution in [2.75, 3.05) is 17.2 Å². The van der Waals surface area contributed by atoms with Crippen LogP contribution in [0.15, 0.2) is 54.6 Å². The number of carbonyl (C=O) groups excluding carboxylic acids is 2. The fourth-order valence-electron chi connectivity index (χ4n) is 4.62. The van der Waals surface area contributed by atoms with Crippen LogP contribution in [0.3, 0.4) is 0 Å². The number of para-hydroxylation sites is 3. The van der Waals surface area contributed by atoms with Gasteiger partial charge >= 0.3 is 6.03 Å². The molecule has 0 unspecified atom stereocenters. The first kappa shape index (κ1) is 20.8. The predicted octanol–water partition coefficient (Wildman–Crippen LogP) is 3.35. The highest BCUT2D eigenvalue weighted by Crippen LogP contribution is 2.35. The summed E-state index contributed by atoms with van der Waals surface area (Å²) in [7, 11) is 0. The van der Waals surface area contributed by atoms with E-state index < -0.39 is 4.92 Å². The van der Waals surface area contributed by atoms with Gasteiger partial charge in [-0.05, 0) is 43.9 Å². The number of rotatable bonds is 6. The summed E-state index contributed by atoms with van der Waals surface area (Å²) in [6.07, 6.45) is 3.50. The number of piperidine rings is 1. The van der Waals surface area contributed by atoms with Gasteiger partial charge in [-0.25, -0.2) is 4.79 Å². The van der Waals surface area contributed by atoms with Crippen molar-refractivity contribution < 1.29 is 14.5 Å². The summed E-state index contributed by atoms with van der Waals surface area (Å²) in [6, 6.07) is 15.7.